The zero-order chi connectivity index (χ0) is 70.9. The monoisotopic (exact) mass is 1410 g/mol. The van der Waals surface area contributed by atoms with E-state index in [4.69, 9.17) is 39.6 Å². The molecule has 96 heavy (non-hydrogen) atoms. The number of amides is 3. The zero-order valence-electron chi connectivity index (χ0n) is 53.3. The molecule has 3 amide bonds. The summed E-state index contributed by atoms with van der Waals surface area (Å²) in [6.07, 6.45) is -10.9. The number of nitrogens with zero attached hydrogens (tertiary/aromatic N) is 9. The van der Waals surface area contributed by atoms with E-state index < -0.39 is 192 Å². The van der Waals surface area contributed by atoms with Crippen molar-refractivity contribution in [3.63, 3.8) is 0 Å². The Morgan fingerprint density at radius 1 is 0.885 bits per heavy atom. The molecule has 4 aromatic heterocycles. The molecule has 1 N–H and O–H groups in total. The second kappa shape index (κ2) is 26.5. The van der Waals surface area contributed by atoms with E-state index in [-0.39, 0.29) is 60.1 Å². The van der Waals surface area contributed by atoms with E-state index in [9.17, 15) is 54.1 Å². The average molecular weight is 1420 g/mol. The molecule has 1 saturated carbocycles. The number of benzene rings is 3. The van der Waals surface area contributed by atoms with Crippen LogP contribution in [0.25, 0.3) is 38.8 Å². The molecule has 2 aliphatic carbocycles. The van der Waals surface area contributed by atoms with Crippen molar-refractivity contribution in [3.05, 3.63) is 128 Å². The lowest BCUT2D eigenvalue weighted by atomic mass is 10.0. The molecule has 0 saturated heterocycles. The van der Waals surface area contributed by atoms with E-state index in [0.29, 0.717) is 23.1 Å². The Labute approximate surface area is 547 Å². The van der Waals surface area contributed by atoms with Crippen LogP contribution in [0.3, 0.4) is 0 Å². The van der Waals surface area contributed by atoms with Crippen molar-refractivity contribution >= 4 is 80.9 Å². The number of phosphoric ester groups is 1. The van der Waals surface area contributed by atoms with E-state index in [2.05, 4.69) is 20.5 Å². The van der Waals surface area contributed by atoms with E-state index in [1.807, 2.05) is 0 Å². The van der Waals surface area contributed by atoms with Crippen LogP contribution in [0, 0.1) is 17.6 Å². The average Bonchev–Trinajstić information content (AvgIpc) is 1.52. The number of rotatable bonds is 22. The quantitative estimate of drug-likeness (QED) is 0.0286. The number of ether oxygens (including phenoxy) is 2. The number of esters is 1. The maximum atomic E-state index is 15.9. The largest absolute Gasteiger partial charge is 0.478 e. The van der Waals surface area contributed by atoms with E-state index >= 15 is 22.4 Å². The van der Waals surface area contributed by atoms with Gasteiger partial charge >= 0.3 is 26.1 Å². The first kappa shape index (κ1) is 72.3. The molecule has 0 spiro atoms. The van der Waals surface area contributed by atoms with Gasteiger partial charge < -0.3 is 14.8 Å². The van der Waals surface area contributed by atoms with Gasteiger partial charge in [0.25, 0.3) is 17.9 Å². The summed E-state index contributed by atoms with van der Waals surface area (Å²) in [7, 11) is -8.00. The molecule has 23 nitrogen and oxygen atoms in total. The molecule has 518 valence electrons. The van der Waals surface area contributed by atoms with Crippen LogP contribution in [0.15, 0.2) is 71.5 Å². The summed E-state index contributed by atoms with van der Waals surface area (Å²) < 4.78 is 204. The van der Waals surface area contributed by atoms with Crippen LogP contribution < -0.4 is 15.2 Å². The van der Waals surface area contributed by atoms with Crippen molar-refractivity contribution in [2.75, 3.05) is 30.4 Å². The molecule has 2 aliphatic rings. The molecular formula is C61H65ClF9N10O13PS. The van der Waals surface area contributed by atoms with Gasteiger partial charge in [-0.25, -0.2) is 49.8 Å². The molecule has 1 fully saturated rings. The summed E-state index contributed by atoms with van der Waals surface area (Å²) in [4.78, 5) is 80.8. The number of hydrogen-bond acceptors (Lipinski definition) is 17. The lowest BCUT2D eigenvalue weighted by Crippen LogP contribution is -2.41. The Morgan fingerprint density at radius 3 is 2.15 bits per heavy atom. The van der Waals surface area contributed by atoms with Gasteiger partial charge in [0.05, 0.1) is 61.7 Å². The second-order valence-corrected chi connectivity index (χ2v) is 29.6. The number of sulfonamides is 1. The molecule has 3 atom stereocenters. The minimum Gasteiger partial charge on any atom is -0.459 e. The number of halogens is 10. The highest BCUT2D eigenvalue weighted by molar-refractivity contribution is 7.92. The van der Waals surface area contributed by atoms with Crippen molar-refractivity contribution in [2.45, 2.75) is 142 Å². The first-order chi connectivity index (χ1) is 44.3. The van der Waals surface area contributed by atoms with Gasteiger partial charge in [-0.1, -0.05) is 23.7 Å². The fourth-order valence-corrected chi connectivity index (χ4v) is 13.9. The Bertz CT molecular complexity index is 4430. The van der Waals surface area contributed by atoms with Crippen LogP contribution in [0.2, 0.25) is 5.02 Å². The summed E-state index contributed by atoms with van der Waals surface area (Å²) in [5.74, 6) is -13.0. The molecule has 7 aromatic rings. The van der Waals surface area contributed by atoms with Crippen LogP contribution in [0.4, 0.5) is 50.1 Å². The van der Waals surface area contributed by atoms with Gasteiger partial charge in [0.15, 0.2) is 5.82 Å². The smallest absolute Gasteiger partial charge is 0.459 e. The van der Waals surface area contributed by atoms with E-state index in [0.717, 1.165) is 44.5 Å². The maximum Gasteiger partial charge on any atom is 0.478 e. The number of carbonyl (C=O) groups is 4. The van der Waals surface area contributed by atoms with Crippen LogP contribution in [0.1, 0.15) is 134 Å². The van der Waals surface area contributed by atoms with Crippen LogP contribution in [0.5, 0.6) is 0 Å². The summed E-state index contributed by atoms with van der Waals surface area (Å²) in [6.45, 7) is 10.5. The van der Waals surface area contributed by atoms with Gasteiger partial charge in [0, 0.05) is 49.5 Å². The van der Waals surface area contributed by atoms with Crippen molar-refractivity contribution in [1.82, 2.24) is 44.3 Å². The van der Waals surface area contributed by atoms with Crippen LogP contribution >= 0.6 is 19.4 Å². The van der Waals surface area contributed by atoms with Crippen molar-refractivity contribution in [3.8, 4) is 16.9 Å². The number of hydrogen-bond donors (Lipinski definition) is 1. The predicted molar refractivity (Wildman–Crippen MR) is 328 cm³/mol. The molecule has 0 aliphatic heterocycles. The lowest BCUT2D eigenvalue weighted by molar-refractivity contribution is -0.156. The number of nitrogens with one attached hydrogen (secondary N) is 1. The number of anilines is 1. The topological polar surface area (TPSA) is 268 Å². The van der Waals surface area contributed by atoms with Crippen molar-refractivity contribution in [2.24, 2.45) is 13.0 Å². The summed E-state index contributed by atoms with van der Waals surface area (Å²) in [5.41, 5.74) is -9.36. The molecule has 0 unspecified atom stereocenters. The standard InChI is InChI=1S/C61H65ClF9N10O13PS/c1-57(2,3)92-46(84)29-78(56(86)90-30-91-95(87,93-58(4,5)6)94-59(7,8)9)21-13-16-45(83)81(96(11,88)89)54-48-38(62)19-20-42(50(48)77(10)76-54)80-53(74-40-25-32(17-18-35(40)55(80)85)39-14-12-15-43(72-39)61(69,70)71)41(24-31-22-33(63)26-34(64)23-31)73-44(82)28-79-51-47(49(75-79)52(65)66)36-27-37(36)60(51,67)68/h12,14-15,17-20,22-23,25-26,36-37,41,52H,13,16,21,24,27-30H2,1-11H3,(H,73,82)/t36-,37+,41-/m0/s1. The number of fused-ring (bicyclic) bond motifs is 5. The Morgan fingerprint density at radius 2 is 1.54 bits per heavy atom. The SMILES string of the molecule is Cn1nc(N(C(=O)CCCN(CC(=O)OC(C)(C)C)C(=O)OCOP(=O)(OC(C)(C)C)OC(C)(C)C)S(C)(=O)=O)c2c(Cl)ccc(-n3c([C@H](Cc4cc(F)cc(F)c4)NC(=O)Cn4nc(C(F)F)c5c4C(F)(F)[C@@H]4C[C@H]54)nc4cc(-c5cccc(C(F)(F)F)n5)ccc4c3=O)c21. The lowest BCUT2D eigenvalue weighted by Gasteiger charge is -2.31. The molecule has 9 rings (SSSR count). The Kier molecular flexibility index (Phi) is 19.9. The third-order valence-electron chi connectivity index (χ3n) is 14.6. The van der Waals surface area contributed by atoms with Gasteiger partial charge in [-0.2, -0.15) is 36.5 Å². The highest BCUT2D eigenvalue weighted by Gasteiger charge is 2.67. The second-order valence-electron chi connectivity index (χ2n) is 25.8. The summed E-state index contributed by atoms with van der Waals surface area (Å²) >= 11 is 6.92. The van der Waals surface area contributed by atoms with Crippen LogP contribution in [-0.4, -0.2) is 114 Å². The third-order valence-corrected chi connectivity index (χ3v) is 17.9. The van der Waals surface area contributed by atoms with Gasteiger partial charge in [-0.3, -0.25) is 47.1 Å². The molecule has 35 heteroatoms. The highest BCUT2D eigenvalue weighted by atomic mass is 35.5. The molecule has 0 bridgehead atoms. The van der Waals surface area contributed by atoms with Crippen molar-refractivity contribution in [1.29, 1.82) is 0 Å². The summed E-state index contributed by atoms with van der Waals surface area (Å²) in [6, 6.07) is 9.24. The zero-order valence-corrected chi connectivity index (χ0v) is 55.8. The number of aromatic nitrogens is 7. The van der Waals surface area contributed by atoms with Crippen molar-refractivity contribution < 1.29 is 94.7 Å². The minimum absolute atomic E-state index is 0.0448. The van der Waals surface area contributed by atoms with Gasteiger partial charge in [0.2, 0.25) is 28.6 Å². The van der Waals surface area contributed by atoms with Gasteiger partial charge in [-0.05, 0) is 135 Å². The number of phosphoric acid groups is 1. The highest BCUT2D eigenvalue weighted by Crippen LogP contribution is 2.68. The predicted octanol–water partition coefficient (Wildman–Crippen LogP) is 12.3. The number of pyridine rings is 1. The van der Waals surface area contributed by atoms with E-state index in [1.165, 1.54) is 31.3 Å². The Balaban J connectivity index is 1.13. The van der Waals surface area contributed by atoms with Gasteiger partial charge in [0.1, 0.15) is 53.2 Å². The maximum absolute atomic E-state index is 15.9. The summed E-state index contributed by atoms with van der Waals surface area (Å²) in [5, 5.41) is 9.69. The fraction of sp³-hybridized carbons (Fsp3) is 0.459. The molecule has 0 radical (unpaired) electrons. The Hall–Kier alpha value is -7.97. The first-order valence-electron chi connectivity index (χ1n) is 29.4. The molecule has 3 aromatic carbocycles. The van der Waals surface area contributed by atoms with Crippen LogP contribution in [-0.2, 0) is 84.1 Å². The number of alkyl halides is 7. The normalized spacial score (nSPS) is 16.0. The molecular weight excluding hydrogens is 1350 g/mol. The van der Waals surface area contributed by atoms with E-state index in [1.54, 1.807) is 62.3 Å². The number of carbonyl (C=O) groups excluding carboxylic acids is 4. The molecule has 4 heterocycles. The first-order valence-corrected chi connectivity index (χ1v) is 33.1. The fourth-order valence-electron chi connectivity index (χ4n) is 11.1. The van der Waals surface area contributed by atoms with Gasteiger partial charge in [-0.15, -0.1) is 0 Å². The number of aryl methyl sites for hydroxylation is 1. The minimum atomic E-state index is -4.91. The third kappa shape index (κ3) is 16.2.